The van der Waals surface area contributed by atoms with E-state index in [0.717, 1.165) is 72.0 Å². The molecule has 0 radical (unpaired) electrons. The molecule has 3 aliphatic rings. The number of aliphatic carboxylic acids is 1. The maximum atomic E-state index is 10.9. The number of carbonyl (C=O) groups is 1. The number of carboxylic acids is 1. The molecule has 0 saturated carbocycles. The summed E-state index contributed by atoms with van der Waals surface area (Å²) < 4.78 is 11.2. The van der Waals surface area contributed by atoms with Crippen LogP contribution in [0.3, 0.4) is 0 Å². The van der Waals surface area contributed by atoms with Crippen molar-refractivity contribution in [2.45, 2.75) is 44.8 Å². The normalized spacial score (nSPS) is 21.9. The molecule has 4 rings (SSSR count). The molecule has 32 heavy (non-hydrogen) atoms. The highest BCUT2D eigenvalue weighted by Crippen LogP contribution is 2.34. The molecule has 1 atom stereocenters. The Kier molecular flexibility index (Phi) is 7.19. The van der Waals surface area contributed by atoms with Crippen molar-refractivity contribution in [3.05, 3.63) is 46.9 Å². The third kappa shape index (κ3) is 5.35. The molecule has 3 heterocycles. The molecule has 1 saturated heterocycles. The van der Waals surface area contributed by atoms with Gasteiger partial charge in [0.25, 0.3) is 0 Å². The number of rotatable bonds is 6. The van der Waals surface area contributed by atoms with E-state index in [2.05, 4.69) is 21.7 Å². The van der Waals surface area contributed by atoms with Gasteiger partial charge in [-0.25, -0.2) is 5.43 Å². The van der Waals surface area contributed by atoms with Crippen LogP contribution in [0.4, 0.5) is 5.69 Å². The van der Waals surface area contributed by atoms with Gasteiger partial charge in [0.1, 0.15) is 0 Å². The lowest BCUT2D eigenvalue weighted by Gasteiger charge is -2.33. The van der Waals surface area contributed by atoms with Crippen LogP contribution >= 0.6 is 0 Å². The van der Waals surface area contributed by atoms with Crippen molar-refractivity contribution in [2.24, 2.45) is 0 Å². The number of hydrogen-bond donors (Lipinski definition) is 4. The van der Waals surface area contributed by atoms with Crippen LogP contribution in [-0.4, -0.2) is 65.7 Å². The van der Waals surface area contributed by atoms with Gasteiger partial charge in [0.2, 0.25) is 5.88 Å². The molecular weight excluding hydrogens is 412 g/mol. The summed E-state index contributed by atoms with van der Waals surface area (Å²) in [7, 11) is 1.57. The molecule has 0 aromatic heterocycles. The lowest BCUT2D eigenvalue weighted by molar-refractivity contribution is -0.137. The van der Waals surface area contributed by atoms with Gasteiger partial charge in [0.05, 0.1) is 25.8 Å². The van der Waals surface area contributed by atoms with Crippen molar-refractivity contribution in [3.63, 3.8) is 0 Å². The van der Waals surface area contributed by atoms with Crippen molar-refractivity contribution in [1.29, 1.82) is 0 Å². The van der Waals surface area contributed by atoms with Crippen LogP contribution in [0.25, 0.3) is 5.70 Å². The third-order valence-electron chi connectivity index (χ3n) is 6.13. The number of ether oxygens (including phenoxy) is 2. The zero-order valence-electron chi connectivity index (χ0n) is 18.5. The fourth-order valence-corrected chi connectivity index (χ4v) is 4.58. The number of anilines is 1. The number of fused-ring (bicyclic) bond motifs is 2. The van der Waals surface area contributed by atoms with E-state index < -0.39 is 5.97 Å². The molecule has 3 aliphatic heterocycles. The first-order valence-electron chi connectivity index (χ1n) is 11.2. The zero-order valence-corrected chi connectivity index (χ0v) is 18.5. The van der Waals surface area contributed by atoms with Gasteiger partial charge in [-0.3, -0.25) is 10.0 Å². The van der Waals surface area contributed by atoms with Crippen LogP contribution < -0.4 is 10.7 Å². The lowest BCUT2D eigenvalue weighted by Crippen LogP contribution is -2.42. The van der Waals surface area contributed by atoms with Crippen LogP contribution in [0.1, 0.15) is 43.2 Å². The summed E-state index contributed by atoms with van der Waals surface area (Å²) in [5.41, 5.74) is 7.48. The molecule has 0 spiro atoms. The van der Waals surface area contributed by atoms with Gasteiger partial charge in [-0.1, -0.05) is 6.07 Å². The standard InChI is InChI=1S/C23H32N4O5/c1-31-21-13-16-4-3-11-32-15-17-12-18(6-7-20(17)23(16)27(30)25-21)24-19-5-2-9-26(14-19)10-8-22(28)29/h6-7,12-13,19,24-25,30H,2-5,8-11,14-15H2,1H3,(H,28,29)/t19-/m1/s1. The van der Waals surface area contributed by atoms with Crippen molar-refractivity contribution >= 4 is 17.4 Å². The van der Waals surface area contributed by atoms with Gasteiger partial charge >= 0.3 is 5.97 Å². The highest BCUT2D eigenvalue weighted by Gasteiger charge is 2.25. The van der Waals surface area contributed by atoms with Crippen LogP contribution in [0.5, 0.6) is 0 Å². The predicted molar refractivity (Wildman–Crippen MR) is 119 cm³/mol. The second kappa shape index (κ2) is 10.2. The number of nitrogens with zero attached hydrogens (tertiary/aromatic N) is 2. The van der Waals surface area contributed by atoms with Crippen molar-refractivity contribution in [2.75, 3.05) is 38.7 Å². The van der Waals surface area contributed by atoms with Gasteiger partial charge < -0.3 is 24.8 Å². The van der Waals surface area contributed by atoms with Crippen LogP contribution in [0.15, 0.2) is 35.7 Å². The molecule has 9 heteroatoms. The van der Waals surface area contributed by atoms with Crippen LogP contribution in [0, 0.1) is 0 Å². The Balaban J connectivity index is 1.54. The average Bonchev–Trinajstić information content (AvgIpc) is 2.86. The maximum absolute atomic E-state index is 10.9. The Labute approximate surface area is 188 Å². The van der Waals surface area contributed by atoms with E-state index in [4.69, 9.17) is 14.6 Å². The molecule has 9 nitrogen and oxygen atoms in total. The number of nitrogens with one attached hydrogen (secondary N) is 2. The third-order valence-corrected chi connectivity index (χ3v) is 6.13. The van der Waals surface area contributed by atoms with E-state index in [9.17, 15) is 10.0 Å². The minimum atomic E-state index is -0.756. The molecule has 174 valence electrons. The number of benzene rings is 1. The second-order valence-electron chi connectivity index (χ2n) is 8.47. The fourth-order valence-electron chi connectivity index (χ4n) is 4.58. The smallest absolute Gasteiger partial charge is 0.304 e. The van der Waals surface area contributed by atoms with E-state index in [1.165, 1.54) is 0 Å². The van der Waals surface area contributed by atoms with Gasteiger partial charge in [0.15, 0.2) is 0 Å². The molecule has 1 aromatic rings. The monoisotopic (exact) mass is 444 g/mol. The van der Waals surface area contributed by atoms with Gasteiger partial charge in [0, 0.05) is 43.1 Å². The molecular formula is C23H32N4O5. The quantitative estimate of drug-likeness (QED) is 0.527. The summed E-state index contributed by atoms with van der Waals surface area (Å²) >= 11 is 0. The van der Waals surface area contributed by atoms with Crippen LogP contribution in [0.2, 0.25) is 0 Å². The molecule has 1 aromatic carbocycles. The minimum Gasteiger partial charge on any atom is -0.481 e. The topological polar surface area (TPSA) is 107 Å². The van der Waals surface area contributed by atoms with E-state index in [0.29, 0.717) is 25.6 Å². The van der Waals surface area contributed by atoms with Gasteiger partial charge in [-0.05, 0) is 55.5 Å². The van der Waals surface area contributed by atoms with Gasteiger partial charge in [-0.2, -0.15) is 5.17 Å². The summed E-state index contributed by atoms with van der Waals surface area (Å²) in [5.74, 6) is -0.259. The summed E-state index contributed by atoms with van der Waals surface area (Å²) in [6, 6.07) is 6.40. The first kappa shape index (κ1) is 22.4. The summed E-state index contributed by atoms with van der Waals surface area (Å²) in [5, 5.41) is 24.3. The highest BCUT2D eigenvalue weighted by molar-refractivity contribution is 5.74. The minimum absolute atomic E-state index is 0.172. The molecule has 0 unspecified atom stereocenters. The van der Waals surface area contributed by atoms with E-state index in [1.54, 1.807) is 7.11 Å². The van der Waals surface area contributed by atoms with Crippen molar-refractivity contribution in [1.82, 2.24) is 15.5 Å². The first-order chi connectivity index (χ1) is 15.5. The second-order valence-corrected chi connectivity index (χ2v) is 8.47. The average molecular weight is 445 g/mol. The van der Waals surface area contributed by atoms with Crippen molar-refractivity contribution < 1.29 is 24.6 Å². The Morgan fingerprint density at radius 1 is 1.38 bits per heavy atom. The number of carboxylic acid groups (broad SMARTS) is 1. The number of methoxy groups -OCH3 is 1. The molecule has 0 bridgehead atoms. The first-order valence-corrected chi connectivity index (χ1v) is 11.2. The number of piperidine rings is 1. The maximum Gasteiger partial charge on any atom is 0.304 e. The Hall–Kier alpha value is -2.75. The Morgan fingerprint density at radius 2 is 2.25 bits per heavy atom. The number of likely N-dealkylation sites (tertiary alicyclic amines) is 1. The van der Waals surface area contributed by atoms with Crippen molar-refractivity contribution in [3.8, 4) is 0 Å². The SMILES string of the molecule is COC1=CC2=C(c3ccc(N[C@@H]4CCCN(CCC(=O)O)C4)cc3COCCC2)N(O)N1. The number of hydrogen-bond acceptors (Lipinski definition) is 8. The lowest BCUT2D eigenvalue weighted by atomic mass is 9.97. The highest BCUT2D eigenvalue weighted by atomic mass is 16.6. The van der Waals surface area contributed by atoms with E-state index >= 15 is 0 Å². The number of allylic oxidation sites excluding steroid dienone is 2. The Morgan fingerprint density at radius 3 is 3.06 bits per heavy atom. The Bertz CT molecular complexity index is 900. The molecule has 0 aliphatic carbocycles. The predicted octanol–water partition coefficient (Wildman–Crippen LogP) is 2.76. The summed E-state index contributed by atoms with van der Waals surface area (Å²) in [6.45, 7) is 3.46. The molecule has 0 amide bonds. The van der Waals surface area contributed by atoms with E-state index in [1.807, 2.05) is 18.2 Å². The van der Waals surface area contributed by atoms with E-state index in [-0.39, 0.29) is 12.5 Å². The number of hydrazine groups is 1. The largest absolute Gasteiger partial charge is 0.481 e. The van der Waals surface area contributed by atoms with Gasteiger partial charge in [-0.15, -0.1) is 0 Å². The zero-order chi connectivity index (χ0) is 22.5. The molecule has 1 fully saturated rings. The molecule has 4 N–H and O–H groups in total. The fraction of sp³-hybridized carbons (Fsp3) is 0.522. The summed E-state index contributed by atoms with van der Waals surface area (Å²) in [4.78, 5) is 13.1. The summed E-state index contributed by atoms with van der Waals surface area (Å²) in [6.07, 6.45) is 5.82. The number of hydroxylamine groups is 1. The van der Waals surface area contributed by atoms with Crippen LogP contribution in [-0.2, 0) is 20.9 Å².